The lowest BCUT2D eigenvalue weighted by molar-refractivity contribution is 0.0947. The molecule has 0 radical (unpaired) electrons. The van der Waals surface area contributed by atoms with Gasteiger partial charge in [-0.05, 0) is 22.0 Å². The Morgan fingerprint density at radius 3 is 2.90 bits per heavy atom. The van der Waals surface area contributed by atoms with Crippen LogP contribution in [0.1, 0.15) is 10.4 Å². The predicted octanol–water partition coefficient (Wildman–Crippen LogP) is 3.22. The van der Waals surface area contributed by atoms with Gasteiger partial charge in [-0.25, -0.2) is 4.98 Å². The molecule has 106 valence electrons. The Morgan fingerprint density at radius 2 is 2.25 bits per heavy atom. The molecule has 1 aromatic rings. The number of carbonyl (C=O) groups excluding carboxylic acids is 1. The molecule has 5 nitrogen and oxygen atoms in total. The molecular formula is C11H8BrCl3N4O. The number of nitrogens with one attached hydrogen (secondary N) is 1. The smallest absolute Gasteiger partial charge is 0.256 e. The number of allylic oxidation sites excluding steroid dienone is 1. The second-order valence-electron chi connectivity index (χ2n) is 3.79. The maximum atomic E-state index is 12.0. The van der Waals surface area contributed by atoms with Gasteiger partial charge >= 0.3 is 0 Å². The van der Waals surface area contributed by atoms with Gasteiger partial charge in [-0.3, -0.25) is 14.2 Å². The first-order chi connectivity index (χ1) is 9.49. The lowest BCUT2D eigenvalue weighted by atomic mass is 10.2. The normalized spacial score (nSPS) is 17.9. The molecule has 1 atom stereocenters. The molecule has 1 aliphatic rings. The number of amides is 1. The van der Waals surface area contributed by atoms with Gasteiger partial charge in [-0.15, -0.1) is 0 Å². The van der Waals surface area contributed by atoms with Crippen molar-refractivity contribution in [2.24, 2.45) is 4.99 Å². The van der Waals surface area contributed by atoms with E-state index in [1.807, 2.05) is 0 Å². The van der Waals surface area contributed by atoms with Gasteiger partial charge in [0.1, 0.15) is 5.15 Å². The van der Waals surface area contributed by atoms with E-state index in [0.717, 1.165) is 4.48 Å². The van der Waals surface area contributed by atoms with Crippen LogP contribution in [0.3, 0.4) is 0 Å². The Balaban J connectivity index is 2.02. The average Bonchev–Trinajstić information content (AvgIpc) is 2.37. The number of halogens is 4. The highest BCUT2D eigenvalue weighted by atomic mass is 79.9. The number of hydrogen-bond donors (Lipinski definition) is 1. The predicted molar refractivity (Wildman–Crippen MR) is 83.6 cm³/mol. The van der Waals surface area contributed by atoms with Crippen molar-refractivity contribution in [3.05, 3.63) is 38.7 Å². The highest BCUT2D eigenvalue weighted by Crippen LogP contribution is 2.22. The number of aromatic nitrogens is 1. The van der Waals surface area contributed by atoms with E-state index < -0.39 is 12.1 Å². The second kappa shape index (κ2) is 6.76. The molecule has 0 aromatic carbocycles. The molecular weight excluding hydrogens is 390 g/mol. The van der Waals surface area contributed by atoms with E-state index >= 15 is 0 Å². The molecule has 20 heavy (non-hydrogen) atoms. The summed E-state index contributed by atoms with van der Waals surface area (Å²) in [6.07, 6.45) is 4.28. The zero-order valence-corrected chi connectivity index (χ0v) is 13.7. The molecule has 0 bridgehead atoms. The monoisotopic (exact) mass is 396 g/mol. The van der Waals surface area contributed by atoms with Crippen molar-refractivity contribution in [3.63, 3.8) is 0 Å². The summed E-state index contributed by atoms with van der Waals surface area (Å²) >= 11 is 21.0. The Kier molecular flexibility index (Phi) is 5.26. The molecule has 1 N–H and O–H groups in total. The Labute approximate surface area is 138 Å². The summed E-state index contributed by atoms with van der Waals surface area (Å²) in [6.45, 7) is 0.206. The summed E-state index contributed by atoms with van der Waals surface area (Å²) in [5, 5.41) is 2.95. The van der Waals surface area contributed by atoms with E-state index in [1.165, 1.54) is 16.7 Å². The highest BCUT2D eigenvalue weighted by Gasteiger charge is 2.20. The van der Waals surface area contributed by atoms with Gasteiger partial charge in [-0.1, -0.05) is 23.2 Å². The Hall–Kier alpha value is -0.820. The molecule has 0 aliphatic carbocycles. The first kappa shape index (κ1) is 15.6. The highest BCUT2D eigenvalue weighted by molar-refractivity contribution is 9.12. The fourth-order valence-corrected chi connectivity index (χ4v) is 2.69. The quantitative estimate of drug-likeness (QED) is 0.628. The van der Waals surface area contributed by atoms with Crippen molar-refractivity contribution in [1.82, 2.24) is 14.7 Å². The molecule has 0 fully saturated rings. The third-order valence-electron chi connectivity index (χ3n) is 2.43. The van der Waals surface area contributed by atoms with Crippen LogP contribution in [0, 0.1) is 0 Å². The van der Waals surface area contributed by atoms with Crippen LogP contribution in [0.2, 0.25) is 10.2 Å². The van der Waals surface area contributed by atoms with Crippen LogP contribution in [-0.2, 0) is 0 Å². The Bertz CT molecular complexity index is 573. The lowest BCUT2D eigenvalue weighted by Crippen LogP contribution is -2.38. The molecule has 0 spiro atoms. The third kappa shape index (κ3) is 3.63. The summed E-state index contributed by atoms with van der Waals surface area (Å²) in [5.41, 5.74) is 0.133. The van der Waals surface area contributed by atoms with Crippen LogP contribution >= 0.6 is 50.9 Å². The topological polar surface area (TPSA) is 57.6 Å². The lowest BCUT2D eigenvalue weighted by Gasteiger charge is -2.23. The van der Waals surface area contributed by atoms with Gasteiger partial charge < -0.3 is 5.32 Å². The number of pyridine rings is 1. The average molecular weight is 398 g/mol. The zero-order valence-electron chi connectivity index (χ0n) is 9.86. The molecule has 1 unspecified atom stereocenters. The SMILES string of the molecule is O=C(NCC1N=CC(Br)=CN1Cl)c1c(Cl)ccnc1Cl. The van der Waals surface area contributed by atoms with Crippen molar-refractivity contribution in [2.75, 3.05) is 6.54 Å². The number of nitrogens with zero attached hydrogens (tertiary/aromatic N) is 3. The summed E-state index contributed by atoms with van der Waals surface area (Å²) in [7, 11) is 0. The van der Waals surface area contributed by atoms with E-state index in [1.54, 1.807) is 12.4 Å². The van der Waals surface area contributed by atoms with Gasteiger partial charge in [0, 0.05) is 30.4 Å². The van der Waals surface area contributed by atoms with E-state index in [0.29, 0.717) is 0 Å². The summed E-state index contributed by atoms with van der Waals surface area (Å²) < 4.78 is 2.10. The van der Waals surface area contributed by atoms with E-state index in [2.05, 4.69) is 31.2 Å². The Morgan fingerprint density at radius 1 is 1.50 bits per heavy atom. The van der Waals surface area contributed by atoms with Crippen LogP contribution in [0.25, 0.3) is 0 Å². The van der Waals surface area contributed by atoms with Gasteiger partial charge in [-0.2, -0.15) is 0 Å². The molecule has 1 amide bonds. The molecule has 2 heterocycles. The minimum atomic E-state index is -0.429. The van der Waals surface area contributed by atoms with Crippen molar-refractivity contribution in [2.45, 2.75) is 6.17 Å². The van der Waals surface area contributed by atoms with Crippen molar-refractivity contribution < 1.29 is 4.79 Å². The largest absolute Gasteiger partial charge is 0.348 e. The van der Waals surface area contributed by atoms with Crippen LogP contribution in [0.4, 0.5) is 0 Å². The van der Waals surface area contributed by atoms with Crippen molar-refractivity contribution in [1.29, 1.82) is 0 Å². The first-order valence-electron chi connectivity index (χ1n) is 5.42. The minimum Gasteiger partial charge on any atom is -0.348 e. The fraction of sp³-hybridized carbons (Fsp3) is 0.182. The van der Waals surface area contributed by atoms with Crippen LogP contribution in [0.5, 0.6) is 0 Å². The molecule has 9 heteroatoms. The summed E-state index contributed by atoms with van der Waals surface area (Å²) in [6, 6.07) is 1.49. The van der Waals surface area contributed by atoms with Crippen molar-refractivity contribution >= 4 is 63.0 Å². The zero-order chi connectivity index (χ0) is 14.7. The first-order valence-corrected chi connectivity index (χ1v) is 7.30. The van der Waals surface area contributed by atoms with Gasteiger partial charge in [0.2, 0.25) is 0 Å². The van der Waals surface area contributed by atoms with Gasteiger partial charge in [0.25, 0.3) is 5.91 Å². The van der Waals surface area contributed by atoms with E-state index in [4.69, 9.17) is 35.0 Å². The maximum Gasteiger partial charge on any atom is 0.256 e. The third-order valence-corrected chi connectivity index (χ3v) is 3.76. The number of aliphatic imine (C=N–C) groups is 1. The second-order valence-corrected chi connectivity index (χ2v) is 5.86. The molecule has 0 saturated carbocycles. The number of hydrogen-bond acceptors (Lipinski definition) is 4. The molecule has 1 aromatic heterocycles. The van der Waals surface area contributed by atoms with Crippen LogP contribution < -0.4 is 5.32 Å². The molecule has 0 saturated heterocycles. The van der Waals surface area contributed by atoms with Gasteiger partial charge in [0.05, 0.1) is 21.6 Å². The van der Waals surface area contributed by atoms with E-state index in [-0.39, 0.29) is 22.3 Å². The van der Waals surface area contributed by atoms with Crippen LogP contribution in [-0.4, -0.2) is 34.2 Å². The number of carbonyl (C=O) groups is 1. The van der Waals surface area contributed by atoms with Gasteiger partial charge in [0.15, 0.2) is 6.17 Å². The fourth-order valence-electron chi connectivity index (χ4n) is 1.49. The van der Waals surface area contributed by atoms with Crippen LogP contribution in [0.15, 0.2) is 27.9 Å². The van der Waals surface area contributed by atoms with Crippen molar-refractivity contribution in [3.8, 4) is 0 Å². The molecule has 1 aliphatic heterocycles. The molecule has 2 rings (SSSR count). The van der Waals surface area contributed by atoms with E-state index in [9.17, 15) is 4.79 Å². The maximum absolute atomic E-state index is 12.0. The summed E-state index contributed by atoms with van der Waals surface area (Å²) in [4.78, 5) is 20.0. The standard InChI is InChI=1S/C11H8BrCl3N4O/c12-6-3-17-8(19(15)5-6)4-18-11(20)9-7(13)1-2-16-10(9)14/h1-3,5,8H,4H2,(H,18,20). The minimum absolute atomic E-state index is 0.0486. The number of rotatable bonds is 3. The summed E-state index contributed by atoms with van der Waals surface area (Å²) in [5.74, 6) is -0.429.